The molecule has 0 heterocycles. The minimum Gasteiger partial charge on any atom is -0.490 e. The first-order valence-electron chi connectivity index (χ1n) is 9.56. The lowest BCUT2D eigenvalue weighted by Crippen LogP contribution is -2.16. The van der Waals surface area contributed by atoms with Crippen LogP contribution in [0.3, 0.4) is 0 Å². The van der Waals surface area contributed by atoms with Crippen molar-refractivity contribution in [1.82, 2.24) is 5.32 Å². The molecule has 1 N–H and O–H groups in total. The Kier molecular flexibility index (Phi) is 9.67. The Balaban J connectivity index is 1.99. The van der Waals surface area contributed by atoms with E-state index in [1.54, 1.807) is 0 Å². The van der Waals surface area contributed by atoms with Crippen LogP contribution >= 0.6 is 15.9 Å². The van der Waals surface area contributed by atoms with Gasteiger partial charge >= 0.3 is 0 Å². The lowest BCUT2D eigenvalue weighted by atomic mass is 10.1. The fourth-order valence-corrected chi connectivity index (χ4v) is 3.36. The van der Waals surface area contributed by atoms with Gasteiger partial charge in [0.2, 0.25) is 0 Å². The fourth-order valence-electron chi connectivity index (χ4n) is 2.76. The molecule has 4 nitrogen and oxygen atoms in total. The average molecular weight is 436 g/mol. The summed E-state index contributed by atoms with van der Waals surface area (Å²) in [4.78, 5) is 0. The van der Waals surface area contributed by atoms with E-state index in [2.05, 4.69) is 58.5 Å². The second kappa shape index (κ2) is 12.0. The summed E-state index contributed by atoms with van der Waals surface area (Å²) in [5.41, 5.74) is 3.53. The van der Waals surface area contributed by atoms with Gasteiger partial charge in [0.1, 0.15) is 6.61 Å². The third-order valence-electron chi connectivity index (χ3n) is 4.01. The quantitative estimate of drug-likeness (QED) is 0.462. The molecule has 0 spiro atoms. The summed E-state index contributed by atoms with van der Waals surface area (Å²) in [5, 5.41) is 3.44. The zero-order valence-electron chi connectivity index (χ0n) is 16.5. The molecule has 0 saturated carbocycles. The van der Waals surface area contributed by atoms with Crippen LogP contribution in [0, 0.1) is 6.92 Å². The van der Waals surface area contributed by atoms with Crippen LogP contribution in [0.2, 0.25) is 0 Å². The van der Waals surface area contributed by atoms with Gasteiger partial charge < -0.3 is 19.5 Å². The molecular weight excluding hydrogens is 406 g/mol. The predicted molar refractivity (Wildman–Crippen MR) is 114 cm³/mol. The number of nitrogens with one attached hydrogen (secondary N) is 1. The molecule has 0 atom stereocenters. The topological polar surface area (TPSA) is 39.7 Å². The molecule has 0 aliphatic heterocycles. The number of hydrogen-bond donors (Lipinski definition) is 1. The molecule has 2 rings (SSSR count). The Hall–Kier alpha value is -1.56. The summed E-state index contributed by atoms with van der Waals surface area (Å²) in [6.45, 7) is 10.5. The average Bonchev–Trinajstić information content (AvgIpc) is 2.64. The van der Waals surface area contributed by atoms with Crippen LogP contribution in [-0.4, -0.2) is 26.4 Å². The van der Waals surface area contributed by atoms with Gasteiger partial charge in [0.25, 0.3) is 0 Å². The van der Waals surface area contributed by atoms with Crippen molar-refractivity contribution in [1.29, 1.82) is 0 Å². The van der Waals surface area contributed by atoms with Crippen LogP contribution in [0.25, 0.3) is 0 Å². The first kappa shape index (κ1) is 21.7. The van der Waals surface area contributed by atoms with Crippen LogP contribution in [0.4, 0.5) is 0 Å². The normalized spacial score (nSPS) is 10.8. The Bertz CT molecular complexity index is 706. The molecule has 0 amide bonds. The third-order valence-corrected chi connectivity index (χ3v) is 4.60. The van der Waals surface area contributed by atoms with Gasteiger partial charge in [0, 0.05) is 19.8 Å². The van der Waals surface area contributed by atoms with Crippen LogP contribution in [0.1, 0.15) is 37.0 Å². The zero-order chi connectivity index (χ0) is 19.5. The van der Waals surface area contributed by atoms with Crippen molar-refractivity contribution < 1.29 is 14.2 Å². The highest BCUT2D eigenvalue weighted by molar-refractivity contribution is 9.10. The maximum absolute atomic E-state index is 6.08. The van der Waals surface area contributed by atoms with Crippen LogP contribution in [0.15, 0.2) is 40.9 Å². The minimum absolute atomic E-state index is 0.509. The lowest BCUT2D eigenvalue weighted by Gasteiger charge is -2.16. The van der Waals surface area contributed by atoms with E-state index in [0.29, 0.717) is 13.2 Å². The monoisotopic (exact) mass is 435 g/mol. The van der Waals surface area contributed by atoms with Gasteiger partial charge in [0.15, 0.2) is 11.5 Å². The first-order valence-corrected chi connectivity index (χ1v) is 10.3. The van der Waals surface area contributed by atoms with Gasteiger partial charge in [-0.15, -0.1) is 0 Å². The van der Waals surface area contributed by atoms with Gasteiger partial charge in [-0.25, -0.2) is 0 Å². The predicted octanol–water partition coefficient (Wildman–Crippen LogP) is 5.25. The summed E-state index contributed by atoms with van der Waals surface area (Å²) < 4.78 is 18.2. The number of rotatable bonds is 12. The van der Waals surface area contributed by atoms with Gasteiger partial charge in [-0.2, -0.15) is 0 Å². The second-order valence-electron chi connectivity index (χ2n) is 6.34. The SMILES string of the molecule is CCOCCCNCc1cc(Br)c(OCc2cccc(C)c2)c(OCC)c1. The summed E-state index contributed by atoms with van der Waals surface area (Å²) in [7, 11) is 0. The second-order valence-corrected chi connectivity index (χ2v) is 7.20. The summed E-state index contributed by atoms with van der Waals surface area (Å²) in [6.07, 6.45) is 1.00. The number of ether oxygens (including phenoxy) is 3. The van der Waals surface area contributed by atoms with Crippen molar-refractivity contribution in [2.75, 3.05) is 26.4 Å². The zero-order valence-corrected chi connectivity index (χ0v) is 18.1. The molecule has 5 heteroatoms. The van der Waals surface area contributed by atoms with Gasteiger partial charge in [-0.3, -0.25) is 0 Å². The molecule has 0 aliphatic rings. The Morgan fingerprint density at radius 2 is 1.85 bits per heavy atom. The molecular formula is C22H30BrNO3. The van der Waals surface area contributed by atoms with E-state index >= 15 is 0 Å². The van der Waals surface area contributed by atoms with Crippen molar-refractivity contribution in [3.8, 4) is 11.5 Å². The van der Waals surface area contributed by atoms with E-state index in [9.17, 15) is 0 Å². The van der Waals surface area contributed by atoms with Crippen LogP contribution in [0.5, 0.6) is 11.5 Å². The highest BCUT2D eigenvalue weighted by Crippen LogP contribution is 2.37. The molecule has 0 radical (unpaired) electrons. The van der Waals surface area contributed by atoms with E-state index in [1.165, 1.54) is 5.56 Å². The Morgan fingerprint density at radius 1 is 1.00 bits per heavy atom. The third kappa shape index (κ3) is 7.53. The van der Waals surface area contributed by atoms with Crippen molar-refractivity contribution >= 4 is 15.9 Å². The maximum atomic E-state index is 6.08. The summed E-state index contributed by atoms with van der Waals surface area (Å²) >= 11 is 3.65. The molecule has 0 aliphatic carbocycles. The first-order chi connectivity index (χ1) is 13.1. The number of halogens is 1. The van der Waals surface area contributed by atoms with Crippen molar-refractivity contribution in [3.63, 3.8) is 0 Å². The van der Waals surface area contributed by atoms with Crippen LogP contribution < -0.4 is 14.8 Å². The molecule has 2 aromatic carbocycles. The van der Waals surface area contributed by atoms with E-state index in [1.807, 2.05) is 19.9 Å². The lowest BCUT2D eigenvalue weighted by molar-refractivity contribution is 0.144. The molecule has 0 saturated heterocycles. The number of hydrogen-bond acceptors (Lipinski definition) is 4. The molecule has 2 aromatic rings. The molecule has 27 heavy (non-hydrogen) atoms. The smallest absolute Gasteiger partial charge is 0.175 e. The largest absolute Gasteiger partial charge is 0.490 e. The van der Waals surface area contributed by atoms with E-state index in [0.717, 1.165) is 59.8 Å². The van der Waals surface area contributed by atoms with Gasteiger partial charge in [-0.1, -0.05) is 29.8 Å². The molecule has 0 aromatic heterocycles. The minimum atomic E-state index is 0.509. The van der Waals surface area contributed by atoms with Crippen LogP contribution in [-0.2, 0) is 17.9 Å². The van der Waals surface area contributed by atoms with E-state index in [4.69, 9.17) is 14.2 Å². The molecule has 0 fully saturated rings. The molecule has 0 unspecified atom stereocenters. The van der Waals surface area contributed by atoms with E-state index in [-0.39, 0.29) is 0 Å². The summed E-state index contributed by atoms with van der Waals surface area (Å²) in [6, 6.07) is 12.5. The van der Waals surface area contributed by atoms with Crippen molar-refractivity contribution in [2.45, 2.75) is 40.3 Å². The maximum Gasteiger partial charge on any atom is 0.175 e. The van der Waals surface area contributed by atoms with Crippen molar-refractivity contribution in [2.24, 2.45) is 0 Å². The molecule has 0 bridgehead atoms. The molecule has 148 valence electrons. The van der Waals surface area contributed by atoms with Crippen molar-refractivity contribution in [3.05, 3.63) is 57.6 Å². The van der Waals surface area contributed by atoms with E-state index < -0.39 is 0 Å². The summed E-state index contributed by atoms with van der Waals surface area (Å²) in [5.74, 6) is 1.52. The number of benzene rings is 2. The Labute approximate surface area is 171 Å². The highest BCUT2D eigenvalue weighted by atomic mass is 79.9. The fraction of sp³-hybridized carbons (Fsp3) is 0.455. The van der Waals surface area contributed by atoms with Gasteiger partial charge in [0.05, 0.1) is 11.1 Å². The highest BCUT2D eigenvalue weighted by Gasteiger charge is 2.12. The number of aryl methyl sites for hydroxylation is 1. The van der Waals surface area contributed by atoms with Gasteiger partial charge in [-0.05, 0) is 72.9 Å². The standard InChI is InChI=1S/C22H30BrNO3/c1-4-25-11-7-10-24-15-19-13-20(23)22(21(14-19)26-5-2)27-16-18-9-6-8-17(3)12-18/h6,8-9,12-14,24H,4-5,7,10-11,15-16H2,1-3H3. The Morgan fingerprint density at radius 3 is 2.59 bits per heavy atom.